The number of anilines is 1. The molecule has 0 atom stereocenters. The van der Waals surface area contributed by atoms with Crippen molar-refractivity contribution in [2.75, 3.05) is 12.4 Å². The van der Waals surface area contributed by atoms with Crippen molar-refractivity contribution >= 4 is 23.1 Å². The molecule has 2 N–H and O–H groups in total. The van der Waals surface area contributed by atoms with Crippen LogP contribution >= 0.6 is 0 Å². The number of furan rings is 1. The van der Waals surface area contributed by atoms with Gasteiger partial charge in [-0.2, -0.15) is 0 Å². The maximum atomic E-state index is 12.9. The molecule has 3 aromatic rings. The number of nitrogens with zero attached hydrogens (tertiary/aromatic N) is 1. The van der Waals surface area contributed by atoms with E-state index in [2.05, 4.69) is 10.6 Å². The number of hydrogen-bond donors (Lipinski definition) is 2. The van der Waals surface area contributed by atoms with Gasteiger partial charge in [-0.05, 0) is 30.3 Å². The first-order valence-corrected chi connectivity index (χ1v) is 8.41. The summed E-state index contributed by atoms with van der Waals surface area (Å²) in [5, 5.41) is 16.7. The molecule has 0 fully saturated rings. The normalized spacial score (nSPS) is 10.3. The molecule has 1 heterocycles. The van der Waals surface area contributed by atoms with Crippen LogP contribution < -0.4 is 10.6 Å². The van der Waals surface area contributed by atoms with Crippen LogP contribution in [0.4, 0.5) is 11.4 Å². The molecule has 0 saturated carbocycles. The van der Waals surface area contributed by atoms with Crippen molar-refractivity contribution in [2.24, 2.45) is 0 Å². The lowest BCUT2D eigenvalue weighted by atomic mass is 9.97. The Morgan fingerprint density at radius 2 is 1.82 bits per heavy atom. The average molecular weight is 379 g/mol. The number of nitro groups is 1. The van der Waals surface area contributed by atoms with Crippen molar-refractivity contribution in [1.82, 2.24) is 5.32 Å². The van der Waals surface area contributed by atoms with Crippen LogP contribution in [0.3, 0.4) is 0 Å². The minimum Gasteiger partial charge on any atom is -0.467 e. The van der Waals surface area contributed by atoms with E-state index in [1.54, 1.807) is 31.3 Å². The summed E-state index contributed by atoms with van der Waals surface area (Å²) in [6.45, 7) is 0.177. The molecule has 0 aliphatic heterocycles. The Balaban J connectivity index is 1.89. The molecule has 2 aromatic carbocycles. The molecule has 8 nitrogen and oxygen atoms in total. The van der Waals surface area contributed by atoms with Gasteiger partial charge in [0.15, 0.2) is 5.78 Å². The van der Waals surface area contributed by atoms with Crippen LogP contribution in [-0.4, -0.2) is 23.7 Å². The smallest absolute Gasteiger partial charge is 0.293 e. The lowest BCUT2D eigenvalue weighted by Crippen LogP contribution is -2.24. The van der Waals surface area contributed by atoms with Crippen molar-refractivity contribution in [3.63, 3.8) is 0 Å². The van der Waals surface area contributed by atoms with Crippen LogP contribution in [0, 0.1) is 10.1 Å². The number of nitro benzene ring substituents is 1. The maximum absolute atomic E-state index is 12.9. The molecule has 1 amide bonds. The van der Waals surface area contributed by atoms with Crippen molar-refractivity contribution in [1.29, 1.82) is 0 Å². The summed E-state index contributed by atoms with van der Waals surface area (Å²) in [4.78, 5) is 36.2. The van der Waals surface area contributed by atoms with Crippen molar-refractivity contribution in [2.45, 2.75) is 6.54 Å². The van der Waals surface area contributed by atoms with E-state index >= 15 is 0 Å². The van der Waals surface area contributed by atoms with Crippen LogP contribution in [0.5, 0.6) is 0 Å². The maximum Gasteiger partial charge on any atom is 0.293 e. The van der Waals surface area contributed by atoms with E-state index in [1.807, 2.05) is 0 Å². The van der Waals surface area contributed by atoms with E-state index < -0.39 is 16.6 Å². The minimum atomic E-state index is -0.565. The largest absolute Gasteiger partial charge is 0.467 e. The van der Waals surface area contributed by atoms with Gasteiger partial charge in [0, 0.05) is 24.2 Å². The zero-order valence-corrected chi connectivity index (χ0v) is 15.0. The first-order valence-electron chi connectivity index (χ1n) is 8.41. The molecule has 3 rings (SSSR count). The SMILES string of the molecule is CNc1ccc(C(=O)c2ccccc2C(=O)NCc2ccco2)cc1[N+](=O)[O-]. The fraction of sp³-hybridized carbons (Fsp3) is 0.100. The summed E-state index contributed by atoms with van der Waals surface area (Å²) in [7, 11) is 1.56. The number of carbonyl (C=O) groups is 2. The van der Waals surface area contributed by atoms with Crippen LogP contribution in [0.15, 0.2) is 65.3 Å². The molecule has 0 bridgehead atoms. The van der Waals surface area contributed by atoms with Gasteiger partial charge in [-0.1, -0.05) is 18.2 Å². The van der Waals surface area contributed by atoms with E-state index in [-0.39, 0.29) is 28.9 Å². The Morgan fingerprint density at radius 3 is 2.46 bits per heavy atom. The first kappa shape index (κ1) is 18.8. The van der Waals surface area contributed by atoms with E-state index in [0.29, 0.717) is 11.4 Å². The third kappa shape index (κ3) is 3.90. The van der Waals surface area contributed by atoms with Gasteiger partial charge >= 0.3 is 0 Å². The molecule has 0 aliphatic carbocycles. The molecule has 0 radical (unpaired) electrons. The summed E-state index contributed by atoms with van der Waals surface area (Å²) in [5.41, 5.74) is 0.543. The predicted molar refractivity (Wildman–Crippen MR) is 102 cm³/mol. The Hall–Kier alpha value is -3.94. The van der Waals surface area contributed by atoms with Crippen LogP contribution in [0.1, 0.15) is 32.0 Å². The molecular weight excluding hydrogens is 362 g/mol. The number of benzene rings is 2. The molecule has 0 aliphatic rings. The number of amides is 1. The third-order valence-electron chi connectivity index (χ3n) is 4.15. The second-order valence-electron chi connectivity index (χ2n) is 5.88. The first-order chi connectivity index (χ1) is 13.5. The summed E-state index contributed by atoms with van der Waals surface area (Å²) < 4.78 is 5.17. The molecule has 0 unspecified atom stereocenters. The Labute approximate surface area is 160 Å². The van der Waals surface area contributed by atoms with Gasteiger partial charge < -0.3 is 15.1 Å². The minimum absolute atomic E-state index is 0.122. The lowest BCUT2D eigenvalue weighted by Gasteiger charge is -2.10. The highest BCUT2D eigenvalue weighted by molar-refractivity contribution is 6.15. The zero-order chi connectivity index (χ0) is 20.1. The number of nitrogens with one attached hydrogen (secondary N) is 2. The highest BCUT2D eigenvalue weighted by Gasteiger charge is 2.21. The van der Waals surface area contributed by atoms with Gasteiger partial charge in [0.1, 0.15) is 11.4 Å². The standard InChI is InChI=1S/C20H17N3O5/c1-21-17-9-8-13(11-18(17)23(26)27)19(24)15-6-2-3-7-16(15)20(25)22-12-14-5-4-10-28-14/h2-11,21H,12H2,1H3,(H,22,25). The summed E-state index contributed by atoms with van der Waals surface area (Å²) >= 11 is 0. The quantitative estimate of drug-likeness (QED) is 0.369. The van der Waals surface area contributed by atoms with E-state index in [0.717, 1.165) is 0 Å². The highest BCUT2D eigenvalue weighted by Crippen LogP contribution is 2.26. The van der Waals surface area contributed by atoms with Gasteiger partial charge in [0.25, 0.3) is 11.6 Å². The van der Waals surface area contributed by atoms with Crippen molar-refractivity contribution in [3.8, 4) is 0 Å². The number of carbonyl (C=O) groups excluding carboxylic acids is 2. The summed E-state index contributed by atoms with van der Waals surface area (Å²) in [6, 6.07) is 13.9. The number of hydrogen-bond acceptors (Lipinski definition) is 6. The molecule has 1 aromatic heterocycles. The van der Waals surface area contributed by atoms with Gasteiger partial charge in [0.05, 0.1) is 23.3 Å². The Morgan fingerprint density at radius 1 is 1.07 bits per heavy atom. The Kier molecular flexibility index (Phi) is 5.50. The zero-order valence-electron chi connectivity index (χ0n) is 15.0. The highest BCUT2D eigenvalue weighted by atomic mass is 16.6. The van der Waals surface area contributed by atoms with Crippen molar-refractivity contribution < 1.29 is 18.9 Å². The Bertz CT molecular complexity index is 1030. The average Bonchev–Trinajstić information content (AvgIpc) is 3.24. The van der Waals surface area contributed by atoms with E-state index in [4.69, 9.17) is 4.42 Å². The van der Waals surface area contributed by atoms with Gasteiger partial charge in [-0.3, -0.25) is 19.7 Å². The lowest BCUT2D eigenvalue weighted by molar-refractivity contribution is -0.384. The molecule has 8 heteroatoms. The van der Waals surface area contributed by atoms with Gasteiger partial charge in [-0.15, -0.1) is 0 Å². The fourth-order valence-electron chi connectivity index (χ4n) is 2.75. The summed E-state index contributed by atoms with van der Waals surface area (Å²) in [6.07, 6.45) is 1.50. The van der Waals surface area contributed by atoms with E-state index in [1.165, 1.54) is 36.6 Å². The molecule has 28 heavy (non-hydrogen) atoms. The second-order valence-corrected chi connectivity index (χ2v) is 5.88. The van der Waals surface area contributed by atoms with Crippen LogP contribution in [-0.2, 0) is 6.54 Å². The molecule has 142 valence electrons. The van der Waals surface area contributed by atoms with Gasteiger partial charge in [-0.25, -0.2) is 0 Å². The van der Waals surface area contributed by atoms with Gasteiger partial charge in [0.2, 0.25) is 0 Å². The summed E-state index contributed by atoms with van der Waals surface area (Å²) in [5.74, 6) is -0.341. The topological polar surface area (TPSA) is 114 Å². The molecule has 0 saturated heterocycles. The van der Waals surface area contributed by atoms with Crippen molar-refractivity contribution in [3.05, 3.63) is 93.4 Å². The number of rotatable bonds is 7. The van der Waals surface area contributed by atoms with Crippen LogP contribution in [0.25, 0.3) is 0 Å². The fourth-order valence-corrected chi connectivity index (χ4v) is 2.75. The monoisotopic (exact) mass is 379 g/mol. The second kappa shape index (κ2) is 8.17. The van der Waals surface area contributed by atoms with E-state index in [9.17, 15) is 19.7 Å². The van der Waals surface area contributed by atoms with Crippen LogP contribution in [0.2, 0.25) is 0 Å². The third-order valence-corrected chi connectivity index (χ3v) is 4.15. The molecule has 0 spiro atoms. The molecular formula is C20H17N3O5. The predicted octanol–water partition coefficient (Wildman–Crippen LogP) is 3.39. The number of ketones is 1.